The molecular weight excluding hydrogens is 352 g/mol. The number of nitrogens with zero attached hydrogens (tertiary/aromatic N) is 2. The minimum atomic E-state index is -0.236. The average Bonchev–Trinajstić information content (AvgIpc) is 2.72. The predicted molar refractivity (Wildman–Crippen MR) is 110 cm³/mol. The predicted octanol–water partition coefficient (Wildman–Crippen LogP) is 3.82. The minimum absolute atomic E-state index is 0.236. The maximum Gasteiger partial charge on any atom is 0.271 e. The van der Waals surface area contributed by atoms with Gasteiger partial charge in [-0.3, -0.25) is 4.79 Å². The van der Waals surface area contributed by atoms with E-state index >= 15 is 0 Å². The third-order valence-electron chi connectivity index (χ3n) is 4.48. The van der Waals surface area contributed by atoms with Crippen molar-refractivity contribution in [3.8, 4) is 5.75 Å². The molecule has 0 saturated heterocycles. The van der Waals surface area contributed by atoms with Crippen LogP contribution in [0.3, 0.4) is 0 Å². The number of carbonyl (C=O) groups is 1. The van der Waals surface area contributed by atoms with Crippen LogP contribution in [-0.2, 0) is 6.42 Å². The Labute approximate surface area is 165 Å². The van der Waals surface area contributed by atoms with E-state index in [-0.39, 0.29) is 5.91 Å². The molecule has 3 rings (SSSR count). The maximum absolute atomic E-state index is 12.3. The molecule has 1 heterocycles. The number of benzene rings is 2. The lowest BCUT2D eigenvalue weighted by Gasteiger charge is -2.12. The second kappa shape index (κ2) is 8.99. The van der Waals surface area contributed by atoms with Crippen LogP contribution in [-0.4, -0.2) is 29.5 Å². The number of aryl methyl sites for hydroxylation is 2. The summed E-state index contributed by atoms with van der Waals surface area (Å²) in [5.41, 5.74) is 4.68. The Kier molecular flexibility index (Phi) is 6.22. The summed E-state index contributed by atoms with van der Waals surface area (Å²) in [5, 5.41) is 6.14. The van der Waals surface area contributed by atoms with Gasteiger partial charge in [-0.1, -0.05) is 30.3 Å². The Morgan fingerprint density at radius 1 is 1.00 bits per heavy atom. The van der Waals surface area contributed by atoms with Gasteiger partial charge >= 0.3 is 0 Å². The highest BCUT2D eigenvalue weighted by atomic mass is 16.5. The first-order chi connectivity index (χ1) is 13.6. The number of rotatable bonds is 7. The molecule has 1 aromatic heterocycles. The monoisotopic (exact) mass is 376 g/mol. The van der Waals surface area contributed by atoms with Gasteiger partial charge in [-0.25, -0.2) is 9.97 Å². The molecule has 0 aliphatic carbocycles. The van der Waals surface area contributed by atoms with Crippen LogP contribution < -0.4 is 15.4 Å². The Hall–Kier alpha value is -3.41. The molecule has 2 N–H and O–H groups in total. The van der Waals surface area contributed by atoms with Gasteiger partial charge in [0, 0.05) is 12.2 Å². The van der Waals surface area contributed by atoms with Crippen LogP contribution in [0.1, 0.15) is 27.2 Å². The largest absolute Gasteiger partial charge is 0.497 e. The molecular formula is C22H24N4O2. The topological polar surface area (TPSA) is 76.1 Å². The summed E-state index contributed by atoms with van der Waals surface area (Å²) in [6.07, 6.45) is 3.79. The van der Waals surface area contributed by atoms with Gasteiger partial charge in [0.15, 0.2) is 0 Å². The number of methoxy groups -OCH3 is 1. The summed E-state index contributed by atoms with van der Waals surface area (Å²) in [7, 11) is 1.64. The van der Waals surface area contributed by atoms with Crippen molar-refractivity contribution < 1.29 is 9.53 Å². The Morgan fingerprint density at radius 3 is 2.32 bits per heavy atom. The molecule has 0 radical (unpaired) electrons. The first kappa shape index (κ1) is 19.4. The van der Waals surface area contributed by atoms with Crippen LogP contribution in [0.5, 0.6) is 5.75 Å². The number of ether oxygens (including phenoxy) is 1. The molecule has 0 aliphatic heterocycles. The number of anilines is 2. The molecule has 0 atom stereocenters. The summed E-state index contributed by atoms with van der Waals surface area (Å²) in [5.74, 6) is 1.18. The SMILES string of the molecule is COc1ccc(CCNC(=O)c2cnc(Nc3c(C)cccc3C)cn2)cc1. The van der Waals surface area contributed by atoms with E-state index in [1.165, 1.54) is 6.20 Å². The molecule has 0 unspecified atom stereocenters. The van der Waals surface area contributed by atoms with Crippen molar-refractivity contribution in [3.63, 3.8) is 0 Å². The molecule has 2 aromatic carbocycles. The zero-order chi connectivity index (χ0) is 19.9. The number of amides is 1. The minimum Gasteiger partial charge on any atom is -0.497 e. The zero-order valence-corrected chi connectivity index (χ0v) is 16.3. The third kappa shape index (κ3) is 4.85. The molecule has 6 nitrogen and oxygen atoms in total. The van der Waals surface area contributed by atoms with Crippen molar-refractivity contribution >= 4 is 17.4 Å². The second-order valence-electron chi connectivity index (χ2n) is 6.53. The molecule has 1 amide bonds. The fourth-order valence-electron chi connectivity index (χ4n) is 2.85. The van der Waals surface area contributed by atoms with Crippen LogP contribution in [0.25, 0.3) is 0 Å². The van der Waals surface area contributed by atoms with Crippen LogP contribution in [0.4, 0.5) is 11.5 Å². The third-order valence-corrected chi connectivity index (χ3v) is 4.48. The van der Waals surface area contributed by atoms with Gasteiger partial charge in [-0.2, -0.15) is 0 Å². The smallest absolute Gasteiger partial charge is 0.271 e. The van der Waals surface area contributed by atoms with Crippen molar-refractivity contribution in [1.29, 1.82) is 0 Å². The van der Waals surface area contributed by atoms with E-state index < -0.39 is 0 Å². The molecule has 0 fully saturated rings. The average molecular weight is 376 g/mol. The summed E-state index contributed by atoms with van der Waals surface area (Å²) in [4.78, 5) is 20.8. The lowest BCUT2D eigenvalue weighted by molar-refractivity contribution is 0.0949. The molecule has 144 valence electrons. The lowest BCUT2D eigenvalue weighted by Crippen LogP contribution is -2.26. The fourth-order valence-corrected chi connectivity index (χ4v) is 2.85. The Morgan fingerprint density at radius 2 is 1.71 bits per heavy atom. The van der Waals surface area contributed by atoms with E-state index in [0.717, 1.165) is 34.5 Å². The van der Waals surface area contributed by atoms with E-state index in [4.69, 9.17) is 4.74 Å². The summed E-state index contributed by atoms with van der Waals surface area (Å²) in [6, 6.07) is 13.9. The van der Waals surface area contributed by atoms with Gasteiger partial charge in [-0.15, -0.1) is 0 Å². The quantitative estimate of drug-likeness (QED) is 0.656. The molecule has 28 heavy (non-hydrogen) atoms. The maximum atomic E-state index is 12.3. The normalized spacial score (nSPS) is 10.4. The number of hydrogen-bond donors (Lipinski definition) is 2. The number of para-hydroxylation sites is 1. The van der Waals surface area contributed by atoms with E-state index in [9.17, 15) is 4.79 Å². The Bertz CT molecular complexity index is 918. The van der Waals surface area contributed by atoms with E-state index in [0.29, 0.717) is 18.1 Å². The summed E-state index contributed by atoms with van der Waals surface area (Å²) in [6.45, 7) is 4.59. The standard InChI is InChI=1S/C22H24N4O2/c1-15-5-4-6-16(2)21(15)26-20-14-24-19(13-25-20)22(27)23-12-11-17-7-9-18(28-3)10-8-17/h4-10,13-14H,11-12H2,1-3H3,(H,23,27)(H,25,26). The van der Waals surface area contributed by atoms with Crippen LogP contribution in [0.2, 0.25) is 0 Å². The van der Waals surface area contributed by atoms with Gasteiger partial charge in [0.05, 0.1) is 19.5 Å². The van der Waals surface area contributed by atoms with Crippen LogP contribution >= 0.6 is 0 Å². The van der Waals surface area contributed by atoms with Crippen molar-refractivity contribution in [2.24, 2.45) is 0 Å². The number of nitrogens with one attached hydrogen (secondary N) is 2. The lowest BCUT2D eigenvalue weighted by atomic mass is 10.1. The first-order valence-electron chi connectivity index (χ1n) is 9.13. The van der Waals surface area contributed by atoms with Crippen molar-refractivity contribution in [1.82, 2.24) is 15.3 Å². The molecule has 0 spiro atoms. The van der Waals surface area contributed by atoms with Crippen molar-refractivity contribution in [2.45, 2.75) is 20.3 Å². The van der Waals surface area contributed by atoms with E-state index in [2.05, 4.69) is 20.6 Å². The number of carbonyl (C=O) groups excluding carboxylic acids is 1. The van der Waals surface area contributed by atoms with Gasteiger partial charge < -0.3 is 15.4 Å². The highest BCUT2D eigenvalue weighted by Gasteiger charge is 2.09. The Balaban J connectivity index is 1.54. The van der Waals surface area contributed by atoms with Crippen molar-refractivity contribution in [3.05, 3.63) is 77.2 Å². The summed E-state index contributed by atoms with van der Waals surface area (Å²) >= 11 is 0. The second-order valence-corrected chi connectivity index (χ2v) is 6.53. The molecule has 6 heteroatoms. The molecule has 0 bridgehead atoms. The van der Waals surface area contributed by atoms with E-state index in [1.807, 2.05) is 56.3 Å². The van der Waals surface area contributed by atoms with Gasteiger partial charge in [0.25, 0.3) is 5.91 Å². The number of hydrogen-bond acceptors (Lipinski definition) is 5. The van der Waals surface area contributed by atoms with Gasteiger partial charge in [0.2, 0.25) is 0 Å². The fraction of sp³-hybridized carbons (Fsp3) is 0.227. The van der Waals surface area contributed by atoms with E-state index in [1.54, 1.807) is 13.3 Å². The van der Waals surface area contributed by atoms with Crippen molar-refractivity contribution in [2.75, 3.05) is 19.0 Å². The van der Waals surface area contributed by atoms with Gasteiger partial charge in [0.1, 0.15) is 17.3 Å². The highest BCUT2D eigenvalue weighted by molar-refractivity contribution is 5.92. The van der Waals surface area contributed by atoms with Crippen LogP contribution in [0.15, 0.2) is 54.9 Å². The first-order valence-corrected chi connectivity index (χ1v) is 9.13. The molecule has 0 aliphatic rings. The summed E-state index contributed by atoms with van der Waals surface area (Å²) < 4.78 is 5.14. The van der Waals surface area contributed by atoms with Crippen LogP contribution in [0, 0.1) is 13.8 Å². The number of aromatic nitrogens is 2. The molecule has 3 aromatic rings. The van der Waals surface area contributed by atoms with Gasteiger partial charge in [-0.05, 0) is 49.1 Å². The highest BCUT2D eigenvalue weighted by Crippen LogP contribution is 2.22. The zero-order valence-electron chi connectivity index (χ0n) is 16.3. The molecule has 0 saturated carbocycles.